The van der Waals surface area contributed by atoms with Gasteiger partial charge in [-0.05, 0) is 41.5 Å². The van der Waals surface area contributed by atoms with Crippen LogP contribution in [0.4, 0.5) is 5.69 Å². The van der Waals surface area contributed by atoms with Crippen LogP contribution >= 0.6 is 11.3 Å². The Morgan fingerprint density at radius 3 is 2.31 bits per heavy atom. The molecule has 0 atom stereocenters. The molecule has 0 bridgehead atoms. The Kier molecular flexibility index (Phi) is 4.84. The predicted molar refractivity (Wildman–Crippen MR) is 122 cm³/mol. The van der Waals surface area contributed by atoms with E-state index in [4.69, 9.17) is 0 Å². The zero-order valence-corrected chi connectivity index (χ0v) is 17.7. The minimum atomic E-state index is -0.909. The molecule has 2 aromatic carbocycles. The van der Waals surface area contributed by atoms with Crippen molar-refractivity contribution in [2.45, 2.75) is 0 Å². The molecule has 2 aromatic rings. The van der Waals surface area contributed by atoms with Crippen LogP contribution in [0.3, 0.4) is 0 Å². The number of hydrogen-bond donors (Lipinski definition) is 1. The van der Waals surface area contributed by atoms with Crippen molar-refractivity contribution in [3.63, 3.8) is 0 Å². The summed E-state index contributed by atoms with van der Waals surface area (Å²) < 4.78 is 3.31. The van der Waals surface area contributed by atoms with Crippen LogP contribution in [0.5, 0.6) is 0 Å². The summed E-state index contributed by atoms with van der Waals surface area (Å²) in [6.45, 7) is 0. The van der Waals surface area contributed by atoms with Gasteiger partial charge in [-0.25, -0.2) is 9.37 Å². The van der Waals surface area contributed by atoms with E-state index in [1.807, 2.05) is 40.3 Å². The Balaban J connectivity index is 2.08. The molecule has 0 unspecified atom stereocenters. The Morgan fingerprint density at radius 1 is 0.966 bits per heavy atom. The summed E-state index contributed by atoms with van der Waals surface area (Å²) in [5.74, 6) is -0.909. The van der Waals surface area contributed by atoms with Crippen molar-refractivity contribution in [1.29, 1.82) is 0 Å². The quantitative estimate of drug-likeness (QED) is 0.405. The van der Waals surface area contributed by atoms with Gasteiger partial charge < -0.3 is 10.0 Å². The Morgan fingerprint density at radius 2 is 1.69 bits per heavy atom. The molecular weight excluding hydrogens is 380 g/mol. The van der Waals surface area contributed by atoms with Gasteiger partial charge >= 0.3 is 5.97 Å². The van der Waals surface area contributed by atoms with Crippen LogP contribution in [0.25, 0.3) is 31.7 Å². The average molecular weight is 404 g/mol. The van der Waals surface area contributed by atoms with Crippen LogP contribution in [0.2, 0.25) is 0 Å². The van der Waals surface area contributed by atoms with Crippen molar-refractivity contribution in [3.8, 4) is 21.6 Å². The molecule has 1 aliphatic carbocycles. The lowest BCUT2D eigenvalue weighted by Gasteiger charge is -2.18. The smallest absolute Gasteiger partial charge is 0.335 e. The third kappa shape index (κ3) is 3.49. The molecule has 0 spiro atoms. The van der Waals surface area contributed by atoms with Gasteiger partial charge in [0, 0.05) is 52.4 Å². The summed E-state index contributed by atoms with van der Waals surface area (Å²) in [5, 5.41) is 11.6. The van der Waals surface area contributed by atoms with E-state index in [1.165, 1.54) is 20.5 Å². The highest BCUT2D eigenvalue weighted by Crippen LogP contribution is 2.43. The monoisotopic (exact) mass is 403 g/mol. The van der Waals surface area contributed by atoms with E-state index < -0.39 is 5.97 Å². The van der Waals surface area contributed by atoms with Gasteiger partial charge in [0.2, 0.25) is 5.36 Å². The third-order valence-electron chi connectivity index (χ3n) is 5.14. The highest BCUT2D eigenvalue weighted by molar-refractivity contribution is 7.21. The molecule has 29 heavy (non-hydrogen) atoms. The maximum Gasteiger partial charge on any atom is 0.335 e. The standard InChI is InChI=1S/C24H22N2O2S/c1-25(2)17-9-11-19-21(13-17)29-22-14-18(26(3)4)10-12-20(22)23(19)15-5-7-16(8-6-15)24(27)28/h5-14H,1-4H3/p+1. The molecule has 0 saturated carbocycles. The van der Waals surface area contributed by atoms with Gasteiger partial charge in [0.1, 0.15) is 14.1 Å². The maximum absolute atomic E-state index is 11.3. The number of rotatable bonds is 3. The average Bonchev–Trinajstić information content (AvgIpc) is 2.71. The highest BCUT2D eigenvalue weighted by Gasteiger charge is 2.17. The number of nitrogens with zero attached hydrogens (tertiary/aromatic N) is 2. The number of carboxylic acid groups (broad SMARTS) is 1. The van der Waals surface area contributed by atoms with Crippen LogP contribution in [-0.4, -0.2) is 39.3 Å². The molecule has 146 valence electrons. The molecule has 2 aliphatic rings. The zero-order valence-electron chi connectivity index (χ0n) is 16.9. The Bertz CT molecular complexity index is 1270. The normalized spacial score (nSPS) is 11.0. The van der Waals surface area contributed by atoms with E-state index in [0.29, 0.717) is 5.56 Å². The first-order chi connectivity index (χ1) is 13.8. The van der Waals surface area contributed by atoms with Crippen molar-refractivity contribution in [2.75, 3.05) is 33.1 Å². The summed E-state index contributed by atoms with van der Waals surface area (Å²) in [5.41, 5.74) is 4.79. The molecular formula is C24H23N2O2S+. The predicted octanol–water partition coefficient (Wildman–Crippen LogP) is 4.47. The number of hydrogen-bond acceptors (Lipinski definition) is 3. The van der Waals surface area contributed by atoms with Crippen LogP contribution in [0.1, 0.15) is 10.4 Å². The molecule has 0 aromatic heterocycles. The maximum atomic E-state index is 11.3. The molecule has 4 rings (SSSR count). The van der Waals surface area contributed by atoms with Crippen molar-refractivity contribution in [1.82, 2.24) is 4.58 Å². The fraction of sp³-hybridized carbons (Fsp3) is 0.167. The summed E-state index contributed by atoms with van der Waals surface area (Å²) in [6, 6.07) is 20.2. The molecule has 1 N–H and O–H groups in total. The molecule has 1 heterocycles. The number of carbonyl (C=O) groups is 1. The fourth-order valence-corrected chi connectivity index (χ4v) is 4.67. The van der Waals surface area contributed by atoms with Crippen molar-refractivity contribution in [3.05, 3.63) is 71.6 Å². The van der Waals surface area contributed by atoms with E-state index in [0.717, 1.165) is 22.2 Å². The first kappa shape index (κ1) is 19.2. The van der Waals surface area contributed by atoms with Crippen LogP contribution in [0.15, 0.2) is 60.7 Å². The van der Waals surface area contributed by atoms with Crippen molar-refractivity contribution in [2.24, 2.45) is 0 Å². The third-order valence-corrected chi connectivity index (χ3v) is 6.26. The SMILES string of the molecule is CN(C)c1ccc2c(-c3ccc(C(=O)O)cc3)c3ccc(=[N+](C)C)cc-3sc2c1. The number of aromatic carboxylic acids is 1. The second kappa shape index (κ2) is 7.33. The first-order valence-electron chi connectivity index (χ1n) is 9.37. The molecule has 1 aliphatic heterocycles. The summed E-state index contributed by atoms with van der Waals surface area (Å²) in [6.07, 6.45) is 0. The van der Waals surface area contributed by atoms with Gasteiger partial charge in [0.25, 0.3) is 0 Å². The van der Waals surface area contributed by atoms with E-state index in [9.17, 15) is 9.90 Å². The topological polar surface area (TPSA) is 43.6 Å². The molecule has 0 saturated heterocycles. The van der Waals surface area contributed by atoms with Crippen LogP contribution < -0.4 is 14.8 Å². The van der Waals surface area contributed by atoms with Crippen LogP contribution in [-0.2, 0) is 0 Å². The number of fused-ring (bicyclic) bond motifs is 2. The number of carboxylic acids is 1. The van der Waals surface area contributed by atoms with Gasteiger partial charge in [-0.3, -0.25) is 0 Å². The van der Waals surface area contributed by atoms with E-state index in [-0.39, 0.29) is 0 Å². The second-order valence-corrected chi connectivity index (χ2v) is 8.59. The largest absolute Gasteiger partial charge is 0.478 e. The van der Waals surface area contributed by atoms with Crippen molar-refractivity contribution < 1.29 is 9.90 Å². The highest BCUT2D eigenvalue weighted by atomic mass is 32.1. The summed E-state index contributed by atoms with van der Waals surface area (Å²) >= 11 is 1.78. The molecule has 4 nitrogen and oxygen atoms in total. The fourth-order valence-electron chi connectivity index (χ4n) is 3.51. The summed E-state index contributed by atoms with van der Waals surface area (Å²) in [4.78, 5) is 14.6. The lowest BCUT2D eigenvalue weighted by atomic mass is 9.94. The summed E-state index contributed by atoms with van der Waals surface area (Å²) in [7, 11) is 8.18. The lowest BCUT2D eigenvalue weighted by Crippen LogP contribution is -2.21. The first-order valence-corrected chi connectivity index (χ1v) is 10.2. The van der Waals surface area contributed by atoms with Gasteiger partial charge in [-0.1, -0.05) is 18.2 Å². The molecule has 0 radical (unpaired) electrons. The van der Waals surface area contributed by atoms with Gasteiger partial charge in [-0.2, -0.15) is 0 Å². The molecule has 0 amide bonds. The van der Waals surface area contributed by atoms with E-state index in [2.05, 4.69) is 45.9 Å². The van der Waals surface area contributed by atoms with Gasteiger partial charge in [0.05, 0.1) is 5.56 Å². The van der Waals surface area contributed by atoms with E-state index in [1.54, 1.807) is 23.5 Å². The lowest BCUT2D eigenvalue weighted by molar-refractivity contribution is 0.0697. The minimum Gasteiger partial charge on any atom is -0.478 e. The second-order valence-electron chi connectivity index (χ2n) is 7.51. The Hall–Kier alpha value is -3.18. The van der Waals surface area contributed by atoms with Crippen molar-refractivity contribution >= 4 is 33.1 Å². The molecule has 5 heteroatoms. The van der Waals surface area contributed by atoms with E-state index >= 15 is 0 Å². The van der Waals surface area contributed by atoms with Gasteiger partial charge in [-0.15, -0.1) is 11.3 Å². The number of benzene rings is 3. The van der Waals surface area contributed by atoms with Gasteiger partial charge in [0.15, 0.2) is 0 Å². The van der Waals surface area contributed by atoms with Crippen LogP contribution in [0, 0.1) is 0 Å². The minimum absolute atomic E-state index is 0.297. The zero-order chi connectivity index (χ0) is 20.7. The molecule has 0 fully saturated rings. The Labute approximate surface area is 174 Å². The number of anilines is 1.